The third-order valence-electron chi connectivity index (χ3n) is 5.54. The van der Waals surface area contributed by atoms with E-state index in [0.29, 0.717) is 30.4 Å². The molecule has 1 aliphatic heterocycles. The molecule has 2 aromatic carbocycles. The molecule has 0 unspecified atom stereocenters. The van der Waals surface area contributed by atoms with Crippen molar-refractivity contribution in [3.63, 3.8) is 0 Å². The van der Waals surface area contributed by atoms with Crippen molar-refractivity contribution in [2.24, 2.45) is 5.92 Å². The number of rotatable bonds is 5. The highest BCUT2D eigenvalue weighted by Crippen LogP contribution is 2.27. The largest absolute Gasteiger partial charge is 0.496 e. The molecule has 0 radical (unpaired) electrons. The number of nitrogens with zero attached hydrogens (tertiary/aromatic N) is 1. The Morgan fingerprint density at radius 2 is 1.76 bits per heavy atom. The maximum absolute atomic E-state index is 13.0. The number of carbonyl (C=O) groups is 1. The van der Waals surface area contributed by atoms with Crippen LogP contribution < -0.4 is 9.46 Å². The van der Waals surface area contributed by atoms with Gasteiger partial charge in [-0.1, -0.05) is 13.0 Å². The van der Waals surface area contributed by atoms with Gasteiger partial charge < -0.3 is 9.64 Å². The molecule has 1 heterocycles. The highest BCUT2D eigenvalue weighted by atomic mass is 32.2. The molecule has 1 aliphatic rings. The predicted octanol–water partition coefficient (Wildman–Crippen LogP) is 3.98. The number of ether oxygens (including phenoxy) is 1. The molecule has 0 aliphatic carbocycles. The lowest BCUT2D eigenvalue weighted by atomic mass is 9.98. The molecule has 0 spiro atoms. The second-order valence-electron chi connectivity index (χ2n) is 7.74. The summed E-state index contributed by atoms with van der Waals surface area (Å²) in [5.74, 6) is 0.769. The Bertz CT molecular complexity index is 1010. The number of benzene rings is 2. The van der Waals surface area contributed by atoms with Gasteiger partial charge in [0.15, 0.2) is 0 Å². The van der Waals surface area contributed by atoms with Crippen molar-refractivity contribution < 1.29 is 17.9 Å². The topological polar surface area (TPSA) is 75.7 Å². The van der Waals surface area contributed by atoms with Crippen LogP contribution in [0.1, 0.15) is 41.3 Å². The third-order valence-corrected chi connectivity index (χ3v) is 6.92. The average molecular weight is 417 g/mol. The molecule has 1 N–H and O–H groups in total. The summed E-state index contributed by atoms with van der Waals surface area (Å²) >= 11 is 0. The second-order valence-corrected chi connectivity index (χ2v) is 9.42. The maximum Gasteiger partial charge on any atom is 0.261 e. The standard InChI is InChI=1S/C22H28N2O4S/c1-15-9-11-24(12-10-15)22(25)20-14-19(7-8-21(20)28-4)29(26,27)23-18-6-5-16(2)17(3)13-18/h5-8,13-15,23H,9-12H2,1-4H3. The first-order valence-corrected chi connectivity index (χ1v) is 11.3. The third kappa shape index (κ3) is 4.72. The Balaban J connectivity index is 1.90. The molecular formula is C22H28N2O4S. The molecule has 1 amide bonds. The number of aryl methyl sites for hydroxylation is 2. The number of amides is 1. The summed E-state index contributed by atoms with van der Waals surface area (Å²) in [5.41, 5.74) is 2.84. The number of anilines is 1. The summed E-state index contributed by atoms with van der Waals surface area (Å²) in [6, 6.07) is 9.78. The Hall–Kier alpha value is -2.54. The van der Waals surface area contributed by atoms with Crippen molar-refractivity contribution in [2.45, 2.75) is 38.5 Å². The van der Waals surface area contributed by atoms with Crippen molar-refractivity contribution in [3.8, 4) is 5.75 Å². The van der Waals surface area contributed by atoms with Crippen molar-refractivity contribution in [1.29, 1.82) is 0 Å². The van der Waals surface area contributed by atoms with Gasteiger partial charge in [-0.05, 0) is 74.1 Å². The fourth-order valence-electron chi connectivity index (χ4n) is 3.42. The molecule has 29 heavy (non-hydrogen) atoms. The minimum atomic E-state index is -3.84. The smallest absolute Gasteiger partial charge is 0.261 e. The van der Waals surface area contributed by atoms with Gasteiger partial charge in [-0.15, -0.1) is 0 Å². The lowest BCUT2D eigenvalue weighted by Crippen LogP contribution is -2.38. The van der Waals surface area contributed by atoms with Crippen LogP contribution in [0.25, 0.3) is 0 Å². The summed E-state index contributed by atoms with van der Waals surface area (Å²) in [6.45, 7) is 7.41. The SMILES string of the molecule is COc1ccc(S(=O)(=O)Nc2ccc(C)c(C)c2)cc1C(=O)N1CCC(C)CC1. The molecule has 6 nitrogen and oxygen atoms in total. The van der Waals surface area contributed by atoms with Crippen LogP contribution in [-0.4, -0.2) is 39.4 Å². The van der Waals surface area contributed by atoms with Crippen molar-refractivity contribution in [3.05, 3.63) is 53.1 Å². The van der Waals surface area contributed by atoms with Gasteiger partial charge in [0.2, 0.25) is 0 Å². The molecule has 3 rings (SSSR count). The van der Waals surface area contributed by atoms with Crippen LogP contribution in [0, 0.1) is 19.8 Å². The molecule has 0 saturated carbocycles. The Kier molecular flexibility index (Phi) is 6.17. The van der Waals surface area contributed by atoms with Crippen LogP contribution >= 0.6 is 0 Å². The summed E-state index contributed by atoms with van der Waals surface area (Å²) in [7, 11) is -2.36. The lowest BCUT2D eigenvalue weighted by Gasteiger charge is -2.30. The predicted molar refractivity (Wildman–Crippen MR) is 114 cm³/mol. The van der Waals surface area contributed by atoms with E-state index >= 15 is 0 Å². The van der Waals surface area contributed by atoms with Gasteiger partial charge in [-0.25, -0.2) is 8.42 Å². The first kappa shape index (κ1) is 21.2. The Morgan fingerprint density at radius 3 is 2.38 bits per heavy atom. The van der Waals surface area contributed by atoms with Gasteiger partial charge in [-0.3, -0.25) is 9.52 Å². The average Bonchev–Trinajstić information content (AvgIpc) is 2.70. The van der Waals surface area contributed by atoms with Crippen LogP contribution in [0.2, 0.25) is 0 Å². The summed E-state index contributed by atoms with van der Waals surface area (Å²) < 4.78 is 33.8. The molecule has 0 bridgehead atoms. The van der Waals surface area contributed by atoms with E-state index in [4.69, 9.17) is 4.74 Å². The van der Waals surface area contributed by atoms with Crippen molar-refractivity contribution in [1.82, 2.24) is 4.90 Å². The van der Waals surface area contributed by atoms with Gasteiger partial charge in [0, 0.05) is 18.8 Å². The van der Waals surface area contributed by atoms with Gasteiger partial charge in [-0.2, -0.15) is 0 Å². The fourth-order valence-corrected chi connectivity index (χ4v) is 4.50. The number of hydrogen-bond acceptors (Lipinski definition) is 4. The second kappa shape index (κ2) is 8.45. The van der Waals surface area contributed by atoms with Gasteiger partial charge in [0.05, 0.1) is 17.6 Å². The number of carbonyl (C=O) groups excluding carboxylic acids is 1. The number of methoxy groups -OCH3 is 1. The number of piperidine rings is 1. The lowest BCUT2D eigenvalue weighted by molar-refractivity contribution is 0.0693. The first-order valence-electron chi connectivity index (χ1n) is 9.78. The minimum Gasteiger partial charge on any atom is -0.496 e. The maximum atomic E-state index is 13.0. The monoisotopic (exact) mass is 416 g/mol. The molecule has 2 aromatic rings. The van der Waals surface area contributed by atoms with Crippen LogP contribution in [0.4, 0.5) is 5.69 Å². The van der Waals surface area contributed by atoms with E-state index in [0.717, 1.165) is 24.0 Å². The van der Waals surface area contributed by atoms with Crippen LogP contribution in [0.15, 0.2) is 41.3 Å². The Morgan fingerprint density at radius 1 is 1.07 bits per heavy atom. The zero-order valence-corrected chi connectivity index (χ0v) is 18.2. The van der Waals surface area contributed by atoms with E-state index < -0.39 is 10.0 Å². The van der Waals surface area contributed by atoms with Gasteiger partial charge in [0.25, 0.3) is 15.9 Å². The fraction of sp³-hybridized carbons (Fsp3) is 0.409. The normalized spacial score (nSPS) is 15.2. The summed E-state index contributed by atoms with van der Waals surface area (Å²) in [4.78, 5) is 14.8. The molecule has 1 fully saturated rings. The molecule has 156 valence electrons. The summed E-state index contributed by atoms with van der Waals surface area (Å²) in [6.07, 6.45) is 1.89. The number of sulfonamides is 1. The molecule has 0 aromatic heterocycles. The minimum absolute atomic E-state index is 0.0326. The van der Waals surface area contributed by atoms with Crippen LogP contribution in [-0.2, 0) is 10.0 Å². The van der Waals surface area contributed by atoms with Crippen LogP contribution in [0.5, 0.6) is 5.75 Å². The molecular weight excluding hydrogens is 388 g/mol. The van der Waals surface area contributed by atoms with E-state index in [2.05, 4.69) is 11.6 Å². The quantitative estimate of drug-likeness (QED) is 0.800. The number of nitrogens with one attached hydrogen (secondary N) is 1. The van der Waals surface area contributed by atoms with Gasteiger partial charge in [0.1, 0.15) is 5.75 Å². The number of likely N-dealkylation sites (tertiary alicyclic amines) is 1. The van der Waals surface area contributed by atoms with Crippen molar-refractivity contribution in [2.75, 3.05) is 24.9 Å². The van der Waals surface area contributed by atoms with E-state index in [9.17, 15) is 13.2 Å². The van der Waals surface area contributed by atoms with Crippen molar-refractivity contribution >= 4 is 21.6 Å². The van der Waals surface area contributed by atoms with Crippen LogP contribution in [0.3, 0.4) is 0 Å². The molecule has 0 atom stereocenters. The van der Waals surface area contributed by atoms with E-state index in [1.165, 1.54) is 25.3 Å². The van der Waals surface area contributed by atoms with E-state index in [1.807, 2.05) is 19.9 Å². The van der Waals surface area contributed by atoms with E-state index in [-0.39, 0.29) is 16.4 Å². The van der Waals surface area contributed by atoms with E-state index in [1.54, 1.807) is 17.0 Å². The zero-order chi connectivity index (χ0) is 21.2. The Labute approximate surface area is 172 Å². The highest BCUT2D eigenvalue weighted by Gasteiger charge is 2.26. The first-order chi connectivity index (χ1) is 13.7. The summed E-state index contributed by atoms with van der Waals surface area (Å²) in [5, 5.41) is 0. The molecule has 1 saturated heterocycles. The highest BCUT2D eigenvalue weighted by molar-refractivity contribution is 7.92. The number of hydrogen-bond donors (Lipinski definition) is 1. The molecule has 7 heteroatoms. The zero-order valence-electron chi connectivity index (χ0n) is 17.4. The van der Waals surface area contributed by atoms with Gasteiger partial charge >= 0.3 is 0 Å².